The Kier molecular flexibility index (Phi) is 5.12. The van der Waals surface area contributed by atoms with Crippen LogP contribution in [0.3, 0.4) is 0 Å². The fourth-order valence-electron chi connectivity index (χ4n) is 2.21. The van der Waals surface area contributed by atoms with E-state index in [2.05, 4.69) is 18.3 Å². The summed E-state index contributed by atoms with van der Waals surface area (Å²) in [4.78, 5) is 0. The Morgan fingerprint density at radius 2 is 2.27 bits per heavy atom. The van der Waals surface area contributed by atoms with Gasteiger partial charge in [-0.25, -0.2) is 0 Å². The van der Waals surface area contributed by atoms with Gasteiger partial charge in [-0.2, -0.15) is 0 Å². The molecule has 4 N–H and O–H groups in total. The summed E-state index contributed by atoms with van der Waals surface area (Å²) in [5, 5.41) is 12.1. The first kappa shape index (κ1) is 12.5. The highest BCUT2D eigenvalue weighted by atomic mass is 16.3. The molecule has 15 heavy (non-hydrogen) atoms. The van der Waals surface area contributed by atoms with Crippen LogP contribution in [0.5, 0.6) is 0 Å². The molecule has 0 aromatic carbocycles. The quantitative estimate of drug-likeness (QED) is 0.586. The molecule has 0 spiro atoms. The summed E-state index contributed by atoms with van der Waals surface area (Å²) in [6, 6.07) is 0. The van der Waals surface area contributed by atoms with Crippen molar-refractivity contribution in [2.24, 2.45) is 17.6 Å². The first-order valence-electron chi connectivity index (χ1n) is 5.91. The van der Waals surface area contributed by atoms with E-state index in [0.29, 0.717) is 0 Å². The van der Waals surface area contributed by atoms with Crippen molar-refractivity contribution in [1.82, 2.24) is 5.32 Å². The van der Waals surface area contributed by atoms with Crippen LogP contribution in [0, 0.1) is 11.8 Å². The molecule has 0 saturated heterocycles. The van der Waals surface area contributed by atoms with E-state index in [1.807, 2.05) is 7.05 Å². The van der Waals surface area contributed by atoms with E-state index in [1.54, 1.807) is 0 Å². The Labute approximate surface area is 92.7 Å². The van der Waals surface area contributed by atoms with Crippen molar-refractivity contribution in [3.63, 3.8) is 0 Å². The molecule has 3 heteroatoms. The molecule has 3 nitrogen and oxygen atoms in total. The maximum atomic E-state index is 8.92. The molecule has 1 aliphatic rings. The number of allylic oxidation sites excluding steroid dienone is 2. The summed E-state index contributed by atoms with van der Waals surface area (Å²) in [5.41, 5.74) is 6.56. The molecule has 0 heterocycles. The minimum atomic E-state index is -0.618. The van der Waals surface area contributed by atoms with Crippen LogP contribution < -0.4 is 11.1 Å². The van der Waals surface area contributed by atoms with Crippen molar-refractivity contribution >= 4 is 0 Å². The predicted molar refractivity (Wildman–Crippen MR) is 63.1 cm³/mol. The van der Waals surface area contributed by atoms with Gasteiger partial charge in [0.1, 0.15) is 6.23 Å². The second-order valence-corrected chi connectivity index (χ2v) is 4.70. The molecule has 0 aromatic heterocycles. The zero-order chi connectivity index (χ0) is 11.3. The van der Waals surface area contributed by atoms with E-state index < -0.39 is 6.23 Å². The molecule has 1 saturated carbocycles. The van der Waals surface area contributed by atoms with E-state index in [9.17, 15) is 0 Å². The summed E-state index contributed by atoms with van der Waals surface area (Å²) >= 11 is 0. The van der Waals surface area contributed by atoms with Gasteiger partial charge in [-0.15, -0.1) is 0 Å². The van der Waals surface area contributed by atoms with Gasteiger partial charge in [0.15, 0.2) is 0 Å². The molecule has 1 rings (SSSR count). The lowest BCUT2D eigenvalue weighted by atomic mass is 9.72. The Balaban J connectivity index is 2.05. The number of hydrogen-bond acceptors (Lipinski definition) is 3. The van der Waals surface area contributed by atoms with Crippen LogP contribution in [-0.4, -0.2) is 18.4 Å². The number of nitrogens with one attached hydrogen (secondary N) is 1. The predicted octanol–water partition coefficient (Wildman–Crippen LogP) is 1.58. The molecule has 0 unspecified atom stereocenters. The monoisotopic (exact) mass is 212 g/mol. The third kappa shape index (κ3) is 4.67. The Morgan fingerprint density at radius 3 is 2.80 bits per heavy atom. The average Bonchev–Trinajstić information content (AvgIpc) is 2.12. The van der Waals surface area contributed by atoms with Crippen molar-refractivity contribution in [3.8, 4) is 0 Å². The van der Waals surface area contributed by atoms with Crippen molar-refractivity contribution in [2.75, 3.05) is 7.05 Å². The van der Waals surface area contributed by atoms with E-state index in [4.69, 9.17) is 10.8 Å². The van der Waals surface area contributed by atoms with Gasteiger partial charge in [0.2, 0.25) is 0 Å². The van der Waals surface area contributed by atoms with Gasteiger partial charge in [-0.3, -0.25) is 0 Å². The highest BCUT2D eigenvalue weighted by Gasteiger charge is 2.26. The van der Waals surface area contributed by atoms with Crippen LogP contribution in [0.15, 0.2) is 11.8 Å². The second kappa shape index (κ2) is 6.13. The maximum absolute atomic E-state index is 8.92. The number of rotatable bonds is 6. The van der Waals surface area contributed by atoms with Crippen molar-refractivity contribution in [3.05, 3.63) is 11.8 Å². The van der Waals surface area contributed by atoms with Gasteiger partial charge in [0, 0.05) is 12.7 Å². The minimum Gasteiger partial charge on any atom is -0.392 e. The van der Waals surface area contributed by atoms with Gasteiger partial charge in [-0.05, 0) is 44.4 Å². The first-order valence-corrected chi connectivity index (χ1v) is 5.91. The summed E-state index contributed by atoms with van der Waals surface area (Å²) in [6.07, 6.45) is 7.34. The topological polar surface area (TPSA) is 58.3 Å². The third-order valence-electron chi connectivity index (χ3n) is 3.26. The fraction of sp³-hybridized carbons (Fsp3) is 0.833. The largest absolute Gasteiger partial charge is 0.392 e. The lowest BCUT2D eigenvalue weighted by Crippen LogP contribution is -2.24. The molecule has 1 fully saturated rings. The number of aliphatic hydroxyl groups is 1. The van der Waals surface area contributed by atoms with Crippen molar-refractivity contribution in [1.29, 1.82) is 0 Å². The normalized spacial score (nSPS) is 28.4. The van der Waals surface area contributed by atoms with Gasteiger partial charge in [0.05, 0.1) is 0 Å². The number of nitrogens with two attached hydrogens (primary N) is 1. The summed E-state index contributed by atoms with van der Waals surface area (Å²) in [6.45, 7) is 2.11. The van der Waals surface area contributed by atoms with Crippen LogP contribution >= 0.6 is 0 Å². The third-order valence-corrected chi connectivity index (χ3v) is 3.26. The molecule has 1 atom stereocenters. The second-order valence-electron chi connectivity index (χ2n) is 4.70. The smallest absolute Gasteiger partial charge is 0.102 e. The van der Waals surface area contributed by atoms with Crippen LogP contribution in [0.1, 0.15) is 39.0 Å². The number of hydrogen-bond donors (Lipinski definition) is 3. The fourth-order valence-corrected chi connectivity index (χ4v) is 2.21. The van der Waals surface area contributed by atoms with Gasteiger partial charge < -0.3 is 16.2 Å². The molecule has 0 bridgehead atoms. The van der Waals surface area contributed by atoms with E-state index in [0.717, 1.165) is 24.7 Å². The Hall–Kier alpha value is -0.540. The molecule has 0 amide bonds. The van der Waals surface area contributed by atoms with Gasteiger partial charge in [-0.1, -0.05) is 12.5 Å². The number of aliphatic hydroxyl groups excluding tert-OH is 1. The van der Waals surface area contributed by atoms with Crippen molar-refractivity contribution in [2.45, 2.75) is 45.3 Å². The molecule has 0 aliphatic heterocycles. The summed E-state index contributed by atoms with van der Waals surface area (Å²) in [5.74, 6) is 1.62. The molecule has 0 radical (unpaired) electrons. The van der Waals surface area contributed by atoms with E-state index in [-0.39, 0.29) is 0 Å². The van der Waals surface area contributed by atoms with E-state index >= 15 is 0 Å². The highest BCUT2D eigenvalue weighted by molar-refractivity contribution is 5.02. The summed E-state index contributed by atoms with van der Waals surface area (Å²) < 4.78 is 0. The Bertz CT molecular complexity index is 208. The Morgan fingerprint density at radius 1 is 1.60 bits per heavy atom. The van der Waals surface area contributed by atoms with Crippen LogP contribution in [0.2, 0.25) is 0 Å². The first-order chi connectivity index (χ1) is 7.11. The van der Waals surface area contributed by atoms with Crippen LogP contribution in [0.4, 0.5) is 0 Å². The van der Waals surface area contributed by atoms with E-state index in [1.165, 1.54) is 25.0 Å². The maximum Gasteiger partial charge on any atom is 0.102 e. The summed E-state index contributed by atoms with van der Waals surface area (Å²) in [7, 11) is 1.96. The molecule has 1 aliphatic carbocycles. The van der Waals surface area contributed by atoms with Crippen molar-refractivity contribution < 1.29 is 5.11 Å². The lowest BCUT2D eigenvalue weighted by Gasteiger charge is -2.34. The molecular weight excluding hydrogens is 188 g/mol. The molecule has 88 valence electrons. The van der Waals surface area contributed by atoms with Gasteiger partial charge in [0.25, 0.3) is 0 Å². The van der Waals surface area contributed by atoms with Gasteiger partial charge >= 0.3 is 0 Å². The molecule has 0 aromatic rings. The SMILES string of the molecule is CN/C(C)=C\C1CC(CCC[C@H](N)O)C1. The minimum absolute atomic E-state index is 0.618. The highest BCUT2D eigenvalue weighted by Crippen LogP contribution is 2.38. The lowest BCUT2D eigenvalue weighted by molar-refractivity contribution is 0.155. The average molecular weight is 212 g/mol. The van der Waals surface area contributed by atoms with Crippen LogP contribution in [0.25, 0.3) is 0 Å². The molecular formula is C12H24N2O. The standard InChI is InChI=1S/C12H24N2O/c1-9(14-2)6-11-7-10(8-11)4-3-5-12(13)15/h6,10-12,14-15H,3-5,7-8,13H2,1-2H3/b9-6-/t10?,11?,12-/m1/s1. The zero-order valence-electron chi connectivity index (χ0n) is 9.87. The zero-order valence-corrected chi connectivity index (χ0v) is 9.87. The van der Waals surface area contributed by atoms with Crippen LogP contribution in [-0.2, 0) is 0 Å².